The molecule has 6 nitrogen and oxygen atoms in total. The minimum Gasteiger partial charge on any atom is -0.313 e. The summed E-state index contributed by atoms with van der Waals surface area (Å²) in [7, 11) is 0. The van der Waals surface area contributed by atoms with Crippen molar-refractivity contribution in [3.8, 4) is 0 Å². The Morgan fingerprint density at radius 2 is 1.90 bits per heavy atom. The fraction of sp³-hybridized carbons (Fsp3) is 0.167. The maximum atomic E-state index is 13.3. The van der Waals surface area contributed by atoms with E-state index in [0.717, 1.165) is 11.1 Å². The molecule has 31 heavy (non-hydrogen) atoms. The normalized spacial score (nSPS) is 17.0. The molecule has 2 aromatic carbocycles. The van der Waals surface area contributed by atoms with Crippen molar-refractivity contribution >= 4 is 29.2 Å². The van der Waals surface area contributed by atoms with Crippen LogP contribution >= 0.6 is 0 Å². The maximum absolute atomic E-state index is 13.3. The van der Waals surface area contributed by atoms with Crippen LogP contribution in [0.3, 0.4) is 0 Å². The van der Waals surface area contributed by atoms with Gasteiger partial charge in [-0.25, -0.2) is 14.2 Å². The number of carbonyl (C=O) groups excluding carboxylic acids is 2. The number of rotatable bonds is 5. The van der Waals surface area contributed by atoms with Crippen molar-refractivity contribution < 1.29 is 14.0 Å². The van der Waals surface area contributed by atoms with Crippen LogP contribution in [-0.2, 0) is 11.3 Å². The minimum absolute atomic E-state index is 0.0362. The molecule has 0 bridgehead atoms. The Morgan fingerprint density at radius 1 is 1.10 bits per heavy atom. The van der Waals surface area contributed by atoms with Crippen molar-refractivity contribution in [3.63, 3.8) is 0 Å². The summed E-state index contributed by atoms with van der Waals surface area (Å²) in [4.78, 5) is 35.5. The molecule has 4 rings (SSSR count). The highest BCUT2D eigenvalue weighted by Gasteiger charge is 2.27. The topological polar surface area (TPSA) is 74.1 Å². The van der Waals surface area contributed by atoms with Gasteiger partial charge in [0.15, 0.2) is 5.84 Å². The van der Waals surface area contributed by atoms with Gasteiger partial charge in [0.25, 0.3) is 5.91 Å². The van der Waals surface area contributed by atoms with Gasteiger partial charge in [-0.1, -0.05) is 42.5 Å². The molecule has 2 aliphatic rings. The zero-order valence-corrected chi connectivity index (χ0v) is 17.0. The molecule has 1 N–H and O–H groups in total. The van der Waals surface area contributed by atoms with Gasteiger partial charge in [0.05, 0.1) is 12.3 Å². The molecule has 156 valence electrons. The van der Waals surface area contributed by atoms with E-state index >= 15 is 0 Å². The second kappa shape index (κ2) is 8.87. The zero-order chi connectivity index (χ0) is 21.8. The van der Waals surface area contributed by atoms with Crippen molar-refractivity contribution in [2.24, 2.45) is 15.9 Å². The van der Waals surface area contributed by atoms with Gasteiger partial charge in [0, 0.05) is 12.2 Å². The molecule has 2 aromatic rings. The highest BCUT2D eigenvalue weighted by molar-refractivity contribution is 6.21. The van der Waals surface area contributed by atoms with Gasteiger partial charge >= 0.3 is 6.03 Å². The summed E-state index contributed by atoms with van der Waals surface area (Å²) in [6.45, 7) is 2.18. The molecular formula is C24H21FN4O2. The number of amidine groups is 1. The molecule has 0 radical (unpaired) electrons. The summed E-state index contributed by atoms with van der Waals surface area (Å²) in [6.07, 6.45) is 7.13. The molecular weight excluding hydrogens is 395 g/mol. The Morgan fingerprint density at radius 3 is 2.68 bits per heavy atom. The lowest BCUT2D eigenvalue weighted by molar-refractivity contribution is -0.118. The molecule has 1 aliphatic carbocycles. The zero-order valence-electron chi connectivity index (χ0n) is 17.0. The van der Waals surface area contributed by atoms with E-state index in [1.807, 2.05) is 31.2 Å². The van der Waals surface area contributed by atoms with E-state index in [-0.39, 0.29) is 36.7 Å². The fourth-order valence-electron chi connectivity index (χ4n) is 3.39. The summed E-state index contributed by atoms with van der Waals surface area (Å²) < 4.78 is 13.3. The Hall–Kier alpha value is -3.87. The Bertz CT molecular complexity index is 1130. The van der Waals surface area contributed by atoms with Crippen LogP contribution in [0.1, 0.15) is 11.1 Å². The second-order valence-electron chi connectivity index (χ2n) is 7.41. The molecule has 7 heteroatoms. The van der Waals surface area contributed by atoms with Crippen molar-refractivity contribution in [2.45, 2.75) is 13.5 Å². The first-order valence-corrected chi connectivity index (χ1v) is 9.90. The highest BCUT2D eigenvalue weighted by Crippen LogP contribution is 2.18. The van der Waals surface area contributed by atoms with Gasteiger partial charge in [0.1, 0.15) is 11.7 Å². The van der Waals surface area contributed by atoms with Crippen LogP contribution in [0.15, 0.2) is 82.8 Å². The third-order valence-corrected chi connectivity index (χ3v) is 4.94. The molecule has 0 saturated heterocycles. The molecule has 1 aliphatic heterocycles. The number of nitrogens with one attached hydrogen (secondary N) is 1. The van der Waals surface area contributed by atoms with Gasteiger partial charge in [0.2, 0.25) is 0 Å². The van der Waals surface area contributed by atoms with Crippen molar-refractivity contribution in [2.75, 3.05) is 11.9 Å². The average molecular weight is 416 g/mol. The number of amides is 3. The number of benzene rings is 2. The Balaban J connectivity index is 1.57. The second-order valence-corrected chi connectivity index (χ2v) is 7.41. The average Bonchev–Trinajstić information content (AvgIpc) is 2.75. The summed E-state index contributed by atoms with van der Waals surface area (Å²) in [5.74, 6) is -0.865. The van der Waals surface area contributed by atoms with Gasteiger partial charge in [-0.15, -0.1) is 0 Å². The lowest BCUT2D eigenvalue weighted by Gasteiger charge is -2.25. The van der Waals surface area contributed by atoms with E-state index in [0.29, 0.717) is 11.4 Å². The number of carbonyl (C=O) groups is 2. The van der Waals surface area contributed by atoms with Crippen LogP contribution < -0.4 is 5.32 Å². The molecule has 0 aromatic heterocycles. The smallest absolute Gasteiger partial charge is 0.313 e. The Kier molecular flexibility index (Phi) is 5.84. The van der Waals surface area contributed by atoms with Gasteiger partial charge in [-0.3, -0.25) is 4.79 Å². The molecule has 0 fully saturated rings. The van der Waals surface area contributed by atoms with E-state index in [1.165, 1.54) is 17.0 Å². The number of aliphatic imine (C=N–C) groups is 2. The predicted octanol–water partition coefficient (Wildman–Crippen LogP) is 4.29. The van der Waals surface area contributed by atoms with E-state index in [1.54, 1.807) is 36.4 Å². The SMILES string of the molecule is Cc1cccc(NC(=O)N(CC2=NC(=O)C3C=CC=CC3=N2)Cc2ccc(F)cc2)c1. The third kappa shape index (κ3) is 5.01. The van der Waals surface area contributed by atoms with Gasteiger partial charge in [-0.05, 0) is 48.4 Å². The quantitative estimate of drug-likeness (QED) is 0.790. The summed E-state index contributed by atoms with van der Waals surface area (Å²) in [5, 5.41) is 2.87. The van der Waals surface area contributed by atoms with E-state index in [9.17, 15) is 14.0 Å². The number of nitrogens with zero attached hydrogens (tertiary/aromatic N) is 3. The number of aryl methyl sites for hydroxylation is 1. The van der Waals surface area contributed by atoms with Crippen LogP contribution in [0.4, 0.5) is 14.9 Å². The van der Waals surface area contributed by atoms with Crippen molar-refractivity contribution in [1.82, 2.24) is 4.90 Å². The lowest BCUT2D eigenvalue weighted by Crippen LogP contribution is -2.40. The summed E-state index contributed by atoms with van der Waals surface area (Å²) >= 11 is 0. The van der Waals surface area contributed by atoms with Crippen LogP contribution in [0.2, 0.25) is 0 Å². The van der Waals surface area contributed by atoms with E-state index in [2.05, 4.69) is 15.3 Å². The fourth-order valence-corrected chi connectivity index (χ4v) is 3.39. The number of anilines is 1. The molecule has 1 atom stereocenters. The largest absolute Gasteiger partial charge is 0.322 e. The first kappa shape index (κ1) is 20.4. The first-order chi connectivity index (χ1) is 15.0. The van der Waals surface area contributed by atoms with Crippen molar-refractivity contribution in [1.29, 1.82) is 0 Å². The minimum atomic E-state index is -0.472. The van der Waals surface area contributed by atoms with Crippen LogP contribution in [0.5, 0.6) is 0 Å². The number of urea groups is 1. The van der Waals surface area contributed by atoms with Crippen LogP contribution in [0, 0.1) is 18.7 Å². The van der Waals surface area contributed by atoms with Crippen LogP contribution in [0.25, 0.3) is 0 Å². The molecule has 0 saturated carbocycles. The summed E-state index contributed by atoms with van der Waals surface area (Å²) in [5.41, 5.74) is 3.02. The monoisotopic (exact) mass is 416 g/mol. The predicted molar refractivity (Wildman–Crippen MR) is 119 cm³/mol. The Labute approximate surface area is 179 Å². The van der Waals surface area contributed by atoms with E-state index in [4.69, 9.17) is 0 Å². The number of fused-ring (bicyclic) bond motifs is 1. The molecule has 3 amide bonds. The number of allylic oxidation sites excluding steroid dienone is 3. The molecule has 1 unspecified atom stereocenters. The third-order valence-electron chi connectivity index (χ3n) is 4.94. The van der Waals surface area contributed by atoms with Crippen molar-refractivity contribution in [3.05, 3.63) is 89.8 Å². The lowest BCUT2D eigenvalue weighted by atomic mass is 9.96. The first-order valence-electron chi connectivity index (χ1n) is 9.90. The molecule has 1 heterocycles. The van der Waals surface area contributed by atoms with Gasteiger partial charge < -0.3 is 10.2 Å². The molecule has 0 spiro atoms. The maximum Gasteiger partial charge on any atom is 0.322 e. The van der Waals surface area contributed by atoms with E-state index < -0.39 is 5.92 Å². The van der Waals surface area contributed by atoms with Crippen LogP contribution in [-0.4, -0.2) is 34.9 Å². The van der Waals surface area contributed by atoms with Gasteiger partial charge in [-0.2, -0.15) is 4.99 Å². The number of halogens is 1. The number of hydrogen-bond donors (Lipinski definition) is 1. The highest BCUT2D eigenvalue weighted by atomic mass is 19.1. The summed E-state index contributed by atoms with van der Waals surface area (Å²) in [6, 6.07) is 13.0. The standard InChI is InChI=1S/C24H21FN4O2/c1-16-5-4-6-19(13-16)26-24(31)29(14-17-9-11-18(25)12-10-17)15-22-27-21-8-3-2-7-20(21)23(30)28-22/h2-13,20H,14-15H2,1H3,(H,26,31). The number of hydrogen-bond acceptors (Lipinski definition) is 3.